The predicted molar refractivity (Wildman–Crippen MR) is 81.6 cm³/mol. The fourth-order valence-corrected chi connectivity index (χ4v) is 3.50. The summed E-state index contributed by atoms with van der Waals surface area (Å²) in [5.74, 6) is 0.0634. The average molecular weight is 310 g/mol. The van der Waals surface area contributed by atoms with Gasteiger partial charge in [0.05, 0.1) is 27.8 Å². The third-order valence-electron chi connectivity index (χ3n) is 2.48. The number of anilines is 2. The Morgan fingerprint density at radius 1 is 1.45 bits per heavy atom. The maximum Gasteiger partial charge on any atom is 0.237 e. The summed E-state index contributed by atoms with van der Waals surface area (Å²) < 4.78 is 17.7. The summed E-state index contributed by atoms with van der Waals surface area (Å²) in [6.45, 7) is 0. The number of methoxy groups -OCH3 is 1. The van der Waals surface area contributed by atoms with E-state index in [4.69, 9.17) is 10.5 Å². The molecule has 0 fully saturated rings. The molecule has 1 aromatic carbocycles. The molecule has 0 radical (unpaired) electrons. The van der Waals surface area contributed by atoms with Gasteiger partial charge in [0.2, 0.25) is 5.91 Å². The average Bonchev–Trinajstić information content (AvgIpc) is 2.92. The molecule has 1 amide bonds. The summed E-state index contributed by atoms with van der Waals surface area (Å²) in [7, 11) is 0.169. The Balaban J connectivity index is 2.05. The number of nitrogens with two attached hydrogens (primary N) is 1. The molecule has 1 unspecified atom stereocenters. The molecule has 2 aromatic rings. The molecule has 0 spiro atoms. The van der Waals surface area contributed by atoms with Gasteiger partial charge in [-0.2, -0.15) is 0 Å². The van der Waals surface area contributed by atoms with Crippen LogP contribution in [0.25, 0.3) is 0 Å². The second kappa shape index (κ2) is 6.53. The molecular weight excluding hydrogens is 296 g/mol. The highest BCUT2D eigenvalue weighted by molar-refractivity contribution is 7.88. The van der Waals surface area contributed by atoms with E-state index in [0.29, 0.717) is 21.3 Å². The Kier molecular flexibility index (Phi) is 4.75. The van der Waals surface area contributed by atoms with Crippen LogP contribution in [0.4, 0.5) is 11.4 Å². The first-order valence-electron chi connectivity index (χ1n) is 5.75. The van der Waals surface area contributed by atoms with Crippen LogP contribution in [0.15, 0.2) is 39.9 Å². The molecule has 1 aromatic heterocycles. The first kappa shape index (κ1) is 14.5. The van der Waals surface area contributed by atoms with Gasteiger partial charge in [-0.05, 0) is 29.6 Å². The molecule has 7 heteroatoms. The lowest BCUT2D eigenvalue weighted by molar-refractivity contribution is -0.113. The van der Waals surface area contributed by atoms with Crippen molar-refractivity contribution in [3.63, 3.8) is 0 Å². The number of hydrogen-bond acceptors (Lipinski definition) is 5. The Bertz CT molecular complexity index is 627. The minimum atomic E-state index is -1.34. The molecule has 0 aliphatic rings. The molecule has 0 saturated carbocycles. The summed E-state index contributed by atoms with van der Waals surface area (Å²) in [6, 6.07) is 8.50. The van der Waals surface area contributed by atoms with E-state index >= 15 is 0 Å². The Hall–Kier alpha value is -1.86. The van der Waals surface area contributed by atoms with Crippen molar-refractivity contribution in [1.29, 1.82) is 0 Å². The molecule has 0 bridgehead atoms. The number of rotatable bonds is 5. The summed E-state index contributed by atoms with van der Waals surface area (Å²) >= 11 is 1.36. The molecule has 0 saturated heterocycles. The molecule has 106 valence electrons. The van der Waals surface area contributed by atoms with Gasteiger partial charge >= 0.3 is 0 Å². The van der Waals surface area contributed by atoms with Crippen LogP contribution in [-0.4, -0.2) is 23.0 Å². The third kappa shape index (κ3) is 3.58. The van der Waals surface area contributed by atoms with E-state index < -0.39 is 10.8 Å². The first-order chi connectivity index (χ1) is 9.60. The van der Waals surface area contributed by atoms with Crippen molar-refractivity contribution in [2.45, 2.75) is 4.21 Å². The van der Waals surface area contributed by atoms with Gasteiger partial charge in [-0.1, -0.05) is 6.07 Å². The number of ether oxygens (including phenoxy) is 1. The first-order valence-corrected chi connectivity index (χ1v) is 7.95. The van der Waals surface area contributed by atoms with E-state index in [-0.39, 0.29) is 11.7 Å². The van der Waals surface area contributed by atoms with Crippen molar-refractivity contribution < 1.29 is 13.7 Å². The van der Waals surface area contributed by atoms with Crippen LogP contribution in [0.2, 0.25) is 0 Å². The monoisotopic (exact) mass is 310 g/mol. The molecular formula is C13H14N2O3S2. The Labute approximate surface area is 123 Å². The summed E-state index contributed by atoms with van der Waals surface area (Å²) in [6.07, 6.45) is 0. The number of benzene rings is 1. The van der Waals surface area contributed by atoms with Gasteiger partial charge in [0, 0.05) is 5.69 Å². The van der Waals surface area contributed by atoms with Crippen LogP contribution in [-0.2, 0) is 15.6 Å². The summed E-state index contributed by atoms with van der Waals surface area (Å²) in [4.78, 5) is 11.9. The number of amides is 1. The minimum absolute atomic E-state index is 0.0987. The molecule has 0 aliphatic carbocycles. The number of carbonyl (C=O) groups is 1. The van der Waals surface area contributed by atoms with E-state index in [9.17, 15) is 9.00 Å². The normalized spacial score (nSPS) is 11.8. The van der Waals surface area contributed by atoms with Gasteiger partial charge in [0.25, 0.3) is 0 Å². The number of carbonyl (C=O) groups excluding carboxylic acids is 1. The lowest BCUT2D eigenvalue weighted by atomic mass is 10.2. The summed E-state index contributed by atoms with van der Waals surface area (Å²) in [5.41, 5.74) is 6.66. The highest BCUT2D eigenvalue weighted by atomic mass is 32.2. The van der Waals surface area contributed by atoms with Crippen LogP contribution in [0.5, 0.6) is 5.75 Å². The van der Waals surface area contributed by atoms with Crippen LogP contribution in [0.3, 0.4) is 0 Å². The number of thiophene rings is 1. The fraction of sp³-hybridized carbons (Fsp3) is 0.154. The lowest BCUT2D eigenvalue weighted by Crippen LogP contribution is -2.19. The highest BCUT2D eigenvalue weighted by Gasteiger charge is 2.13. The third-order valence-corrected chi connectivity index (χ3v) is 5.10. The second-order valence-corrected chi connectivity index (χ2v) is 6.56. The minimum Gasteiger partial charge on any atom is -0.495 e. The molecule has 2 rings (SSSR count). The largest absolute Gasteiger partial charge is 0.495 e. The zero-order chi connectivity index (χ0) is 14.5. The quantitative estimate of drug-likeness (QED) is 0.829. The van der Waals surface area contributed by atoms with Gasteiger partial charge in [0.1, 0.15) is 11.5 Å². The van der Waals surface area contributed by atoms with E-state index in [0.717, 1.165) is 0 Å². The molecule has 1 atom stereocenters. The number of hydrogen-bond donors (Lipinski definition) is 2. The molecule has 1 heterocycles. The van der Waals surface area contributed by atoms with Crippen molar-refractivity contribution in [1.82, 2.24) is 0 Å². The second-order valence-electron chi connectivity index (χ2n) is 3.93. The van der Waals surface area contributed by atoms with Crippen molar-refractivity contribution in [2.24, 2.45) is 0 Å². The molecule has 20 heavy (non-hydrogen) atoms. The standard InChI is InChI=1S/C13H14N2O3S2/c1-18-11-5-4-9(14)7-10(11)15-12(16)8-20(17)13-3-2-6-19-13/h2-7H,8,14H2,1H3,(H,15,16). The van der Waals surface area contributed by atoms with E-state index in [1.54, 1.807) is 30.3 Å². The van der Waals surface area contributed by atoms with Crippen LogP contribution >= 0.6 is 11.3 Å². The van der Waals surface area contributed by atoms with Crippen molar-refractivity contribution >= 4 is 39.4 Å². The Morgan fingerprint density at radius 2 is 2.25 bits per heavy atom. The van der Waals surface area contributed by atoms with Gasteiger partial charge in [-0.3, -0.25) is 9.00 Å². The van der Waals surface area contributed by atoms with Crippen molar-refractivity contribution in [2.75, 3.05) is 23.9 Å². The van der Waals surface area contributed by atoms with E-state index in [1.807, 2.05) is 5.38 Å². The molecule has 3 N–H and O–H groups in total. The van der Waals surface area contributed by atoms with Crippen LogP contribution < -0.4 is 15.8 Å². The van der Waals surface area contributed by atoms with Crippen LogP contribution in [0, 0.1) is 0 Å². The smallest absolute Gasteiger partial charge is 0.237 e. The van der Waals surface area contributed by atoms with E-state index in [2.05, 4.69) is 5.32 Å². The maximum atomic E-state index is 11.9. The number of nitrogens with one attached hydrogen (secondary N) is 1. The Morgan fingerprint density at radius 3 is 2.90 bits per heavy atom. The summed E-state index contributed by atoms with van der Waals surface area (Å²) in [5, 5.41) is 4.49. The molecule has 0 aliphatic heterocycles. The van der Waals surface area contributed by atoms with Crippen LogP contribution in [0.1, 0.15) is 0 Å². The van der Waals surface area contributed by atoms with Gasteiger partial charge < -0.3 is 15.8 Å². The van der Waals surface area contributed by atoms with Gasteiger partial charge in [0.15, 0.2) is 0 Å². The molecule has 5 nitrogen and oxygen atoms in total. The van der Waals surface area contributed by atoms with Crippen molar-refractivity contribution in [3.05, 3.63) is 35.7 Å². The number of nitrogen functional groups attached to an aromatic ring is 1. The maximum absolute atomic E-state index is 11.9. The van der Waals surface area contributed by atoms with E-state index in [1.165, 1.54) is 18.4 Å². The van der Waals surface area contributed by atoms with Gasteiger partial charge in [-0.15, -0.1) is 11.3 Å². The fourth-order valence-electron chi connectivity index (χ4n) is 1.59. The SMILES string of the molecule is COc1ccc(N)cc1NC(=O)CS(=O)c1cccs1. The zero-order valence-corrected chi connectivity index (χ0v) is 12.4. The topological polar surface area (TPSA) is 81.4 Å². The van der Waals surface area contributed by atoms with Crippen molar-refractivity contribution in [3.8, 4) is 5.75 Å². The highest BCUT2D eigenvalue weighted by Crippen LogP contribution is 2.26. The van der Waals surface area contributed by atoms with Gasteiger partial charge in [-0.25, -0.2) is 0 Å². The zero-order valence-electron chi connectivity index (χ0n) is 10.8. The predicted octanol–water partition coefficient (Wildman–Crippen LogP) is 2.09. The lowest BCUT2D eigenvalue weighted by Gasteiger charge is -2.10.